The molecule has 9 nitrogen and oxygen atoms in total. The zero-order valence-corrected chi connectivity index (χ0v) is 21.4. The summed E-state index contributed by atoms with van der Waals surface area (Å²) in [4.78, 5) is 32.0. The maximum atomic E-state index is 14.5. The number of benzene rings is 1. The van der Waals surface area contributed by atoms with Crippen LogP contribution in [0.15, 0.2) is 48.9 Å². The number of rotatable bonds is 6. The van der Waals surface area contributed by atoms with Gasteiger partial charge in [-0.3, -0.25) is 15.0 Å². The van der Waals surface area contributed by atoms with E-state index in [0.29, 0.717) is 42.7 Å². The van der Waals surface area contributed by atoms with E-state index < -0.39 is 5.82 Å². The van der Waals surface area contributed by atoms with Crippen LogP contribution in [0.3, 0.4) is 0 Å². The number of nitrogens with one attached hydrogen (secondary N) is 3. The second-order valence-electron chi connectivity index (χ2n) is 10.6. The quantitative estimate of drug-likeness (QED) is 0.462. The fourth-order valence-corrected chi connectivity index (χ4v) is 6.33. The summed E-state index contributed by atoms with van der Waals surface area (Å²) in [5.74, 6) is 0.222. The van der Waals surface area contributed by atoms with Gasteiger partial charge in [0.05, 0.1) is 19.7 Å². The van der Waals surface area contributed by atoms with E-state index in [4.69, 9.17) is 4.74 Å². The SMILES string of the molecule is COc1cccc(F)c1CN1C[C@@H](NC(=O)C2CCC3NNC(c4ccc5nccn5c4)C3C2)CCC1=O. The van der Waals surface area contributed by atoms with Crippen LogP contribution in [0.5, 0.6) is 5.75 Å². The van der Waals surface area contributed by atoms with Gasteiger partial charge in [-0.15, -0.1) is 0 Å². The number of likely N-dealkylation sites (tertiary alicyclic amines) is 1. The highest BCUT2D eigenvalue weighted by Gasteiger charge is 2.43. The monoisotopic (exact) mass is 520 g/mol. The number of fused-ring (bicyclic) bond motifs is 2. The summed E-state index contributed by atoms with van der Waals surface area (Å²) in [5, 5.41) is 3.21. The fraction of sp³-hybridized carbons (Fsp3) is 0.464. The van der Waals surface area contributed by atoms with Crippen LogP contribution in [0.1, 0.15) is 49.3 Å². The van der Waals surface area contributed by atoms with Crippen molar-refractivity contribution >= 4 is 17.5 Å². The van der Waals surface area contributed by atoms with Crippen LogP contribution in [-0.4, -0.2) is 51.8 Å². The van der Waals surface area contributed by atoms with Crippen molar-refractivity contribution in [2.75, 3.05) is 13.7 Å². The third kappa shape index (κ3) is 4.74. The Balaban J connectivity index is 1.10. The standard InChI is InChI=1S/C28H33FN6O3/c1-38-24-4-2-3-22(29)21(24)16-35-15-19(7-10-26(35)36)31-28(37)17-5-8-23-20(13-17)27(33-32-23)18-6-9-25-30-11-12-34(25)14-18/h2-4,6,9,11-12,14,17,19-20,23,27,32-33H,5,7-8,10,13,15-16H2,1H3,(H,31,37)/t17?,19-,20?,23?,27?/m0/s1. The molecule has 200 valence electrons. The summed E-state index contributed by atoms with van der Waals surface area (Å²) in [5.41, 5.74) is 9.34. The number of nitrogens with zero attached hydrogens (tertiary/aromatic N) is 3. The normalized spacial score (nSPS) is 27.4. The number of hydrogen-bond donors (Lipinski definition) is 3. The number of amides is 2. The minimum absolute atomic E-state index is 0.0397. The van der Waals surface area contributed by atoms with Crippen molar-refractivity contribution in [1.82, 2.24) is 30.5 Å². The van der Waals surface area contributed by atoms with Gasteiger partial charge in [0.25, 0.3) is 0 Å². The summed E-state index contributed by atoms with van der Waals surface area (Å²) in [7, 11) is 1.49. The second-order valence-corrected chi connectivity index (χ2v) is 10.6. The Kier molecular flexibility index (Phi) is 6.75. The molecule has 1 aromatic carbocycles. The molecule has 1 saturated carbocycles. The van der Waals surface area contributed by atoms with E-state index >= 15 is 0 Å². The average Bonchev–Trinajstić information content (AvgIpc) is 3.57. The van der Waals surface area contributed by atoms with Crippen LogP contribution in [-0.2, 0) is 16.1 Å². The van der Waals surface area contributed by atoms with E-state index in [2.05, 4.69) is 33.4 Å². The molecule has 4 unspecified atom stereocenters. The third-order valence-corrected chi connectivity index (χ3v) is 8.38. The largest absolute Gasteiger partial charge is 0.496 e. The molecule has 2 aliphatic heterocycles. The van der Waals surface area contributed by atoms with Gasteiger partial charge in [0.15, 0.2) is 0 Å². The van der Waals surface area contributed by atoms with Crippen LogP contribution in [0.25, 0.3) is 5.65 Å². The third-order valence-electron chi connectivity index (χ3n) is 8.38. The molecule has 2 amide bonds. The highest BCUT2D eigenvalue weighted by Crippen LogP contribution is 2.40. The molecule has 5 atom stereocenters. The molecule has 38 heavy (non-hydrogen) atoms. The topological polar surface area (TPSA) is 100 Å². The van der Waals surface area contributed by atoms with Gasteiger partial charge in [-0.1, -0.05) is 12.1 Å². The Morgan fingerprint density at radius 1 is 1.21 bits per heavy atom. The molecular formula is C28H33FN6O3. The summed E-state index contributed by atoms with van der Waals surface area (Å²) < 4.78 is 21.8. The molecule has 3 fully saturated rings. The van der Waals surface area contributed by atoms with Crippen molar-refractivity contribution in [3.63, 3.8) is 0 Å². The van der Waals surface area contributed by atoms with E-state index in [9.17, 15) is 14.0 Å². The van der Waals surface area contributed by atoms with E-state index in [0.717, 1.165) is 24.9 Å². The summed E-state index contributed by atoms with van der Waals surface area (Å²) in [6.45, 7) is 0.478. The summed E-state index contributed by atoms with van der Waals surface area (Å²) in [6, 6.07) is 9.04. The zero-order chi connectivity index (χ0) is 26.2. The molecule has 4 heterocycles. The van der Waals surface area contributed by atoms with Crippen LogP contribution < -0.4 is 20.9 Å². The lowest BCUT2D eigenvalue weighted by atomic mass is 9.74. The second kappa shape index (κ2) is 10.3. The van der Waals surface area contributed by atoms with Crippen LogP contribution >= 0.6 is 0 Å². The van der Waals surface area contributed by atoms with Crippen LogP contribution in [0, 0.1) is 17.7 Å². The van der Waals surface area contributed by atoms with Gasteiger partial charge >= 0.3 is 0 Å². The van der Waals surface area contributed by atoms with Gasteiger partial charge in [-0.25, -0.2) is 14.8 Å². The molecule has 2 saturated heterocycles. The average molecular weight is 521 g/mol. The first kappa shape index (κ1) is 24.8. The Morgan fingerprint density at radius 3 is 2.97 bits per heavy atom. The molecular weight excluding hydrogens is 487 g/mol. The lowest BCUT2D eigenvalue weighted by Gasteiger charge is -2.36. The molecule has 6 rings (SSSR count). The Bertz CT molecular complexity index is 1350. The smallest absolute Gasteiger partial charge is 0.223 e. The van der Waals surface area contributed by atoms with Crippen molar-refractivity contribution in [2.24, 2.45) is 11.8 Å². The van der Waals surface area contributed by atoms with Crippen LogP contribution in [0.2, 0.25) is 0 Å². The number of methoxy groups -OCH3 is 1. The summed E-state index contributed by atoms with van der Waals surface area (Å²) >= 11 is 0. The Hall–Kier alpha value is -3.50. The lowest BCUT2D eigenvalue weighted by Crippen LogP contribution is -2.51. The maximum absolute atomic E-state index is 14.5. The number of ether oxygens (including phenoxy) is 1. The first-order valence-corrected chi connectivity index (χ1v) is 13.3. The fourth-order valence-electron chi connectivity index (χ4n) is 6.33. The number of hydrazine groups is 1. The van der Waals surface area contributed by atoms with Crippen molar-refractivity contribution in [3.05, 3.63) is 65.9 Å². The summed E-state index contributed by atoms with van der Waals surface area (Å²) in [6.07, 6.45) is 9.26. The Morgan fingerprint density at radius 2 is 2.11 bits per heavy atom. The van der Waals surface area contributed by atoms with Gasteiger partial charge in [-0.05, 0) is 55.4 Å². The number of imidazole rings is 1. The number of carbonyl (C=O) groups excluding carboxylic acids is 2. The van der Waals surface area contributed by atoms with E-state index in [-0.39, 0.29) is 36.4 Å². The van der Waals surface area contributed by atoms with E-state index in [1.165, 1.54) is 18.7 Å². The minimum atomic E-state index is -0.402. The van der Waals surface area contributed by atoms with Crippen LogP contribution in [0.4, 0.5) is 4.39 Å². The minimum Gasteiger partial charge on any atom is -0.496 e. The number of aromatic nitrogens is 2. The van der Waals surface area contributed by atoms with Crippen molar-refractivity contribution in [3.8, 4) is 5.75 Å². The van der Waals surface area contributed by atoms with Gasteiger partial charge < -0.3 is 19.4 Å². The molecule has 3 aromatic rings. The molecule has 3 aliphatic rings. The number of pyridine rings is 1. The maximum Gasteiger partial charge on any atom is 0.223 e. The first-order valence-electron chi connectivity index (χ1n) is 13.3. The molecule has 2 aromatic heterocycles. The Labute approximate surface area is 220 Å². The van der Waals surface area contributed by atoms with Crippen molar-refractivity contribution in [2.45, 2.75) is 56.8 Å². The van der Waals surface area contributed by atoms with Gasteiger partial charge in [-0.2, -0.15) is 0 Å². The molecule has 10 heteroatoms. The van der Waals surface area contributed by atoms with Gasteiger partial charge in [0, 0.05) is 55.1 Å². The predicted molar refractivity (Wildman–Crippen MR) is 138 cm³/mol. The molecule has 0 radical (unpaired) electrons. The molecule has 0 bridgehead atoms. The van der Waals surface area contributed by atoms with E-state index in [1.54, 1.807) is 23.2 Å². The molecule has 3 N–H and O–H groups in total. The number of halogens is 1. The van der Waals surface area contributed by atoms with Gasteiger partial charge in [0.1, 0.15) is 17.2 Å². The first-order chi connectivity index (χ1) is 18.5. The lowest BCUT2D eigenvalue weighted by molar-refractivity contribution is -0.137. The van der Waals surface area contributed by atoms with Gasteiger partial charge in [0.2, 0.25) is 11.8 Å². The number of carbonyl (C=O) groups is 2. The molecule has 1 aliphatic carbocycles. The zero-order valence-electron chi connectivity index (χ0n) is 21.4. The number of hydrogen-bond acceptors (Lipinski definition) is 6. The van der Waals surface area contributed by atoms with Crippen molar-refractivity contribution in [1.29, 1.82) is 0 Å². The number of piperidine rings is 1. The van der Waals surface area contributed by atoms with E-state index in [1.807, 2.05) is 16.7 Å². The highest BCUT2D eigenvalue weighted by atomic mass is 19.1. The molecule has 0 spiro atoms. The highest BCUT2D eigenvalue weighted by molar-refractivity contribution is 5.80. The predicted octanol–water partition coefficient (Wildman–Crippen LogP) is 2.72. The van der Waals surface area contributed by atoms with Crippen molar-refractivity contribution < 1.29 is 18.7 Å².